The Morgan fingerprint density at radius 1 is 1.46 bits per heavy atom. The number of nitrogens with one attached hydrogen (secondary N) is 1. The van der Waals surface area contributed by atoms with Crippen molar-refractivity contribution >= 4 is 0 Å². The fourth-order valence-electron chi connectivity index (χ4n) is 1.70. The molecule has 2 unspecified atom stereocenters. The first-order valence-corrected chi connectivity index (χ1v) is 4.41. The van der Waals surface area contributed by atoms with Crippen molar-refractivity contribution in [2.45, 2.75) is 39.8 Å². The third-order valence-corrected chi connectivity index (χ3v) is 3.30. The second-order valence-corrected chi connectivity index (χ2v) is 3.92. The van der Waals surface area contributed by atoms with Crippen LogP contribution in [-0.2, 0) is 0 Å². The van der Waals surface area contributed by atoms with E-state index in [9.17, 15) is 5.21 Å². The van der Waals surface area contributed by atoms with Crippen molar-refractivity contribution in [3.05, 3.63) is 11.4 Å². The van der Waals surface area contributed by atoms with E-state index in [1.54, 1.807) is 0 Å². The largest absolute Gasteiger partial charge is 1.00 e. The number of hydrogen-bond donors (Lipinski definition) is 2. The van der Waals surface area contributed by atoms with Crippen LogP contribution in [0.1, 0.15) is 34.1 Å². The van der Waals surface area contributed by atoms with Crippen LogP contribution < -0.4 is 22.3 Å². The van der Waals surface area contributed by atoms with Crippen molar-refractivity contribution in [1.29, 1.82) is 0 Å². The van der Waals surface area contributed by atoms with Gasteiger partial charge >= 0.3 is 0 Å². The lowest BCUT2D eigenvalue weighted by Crippen LogP contribution is -3.00. The summed E-state index contributed by atoms with van der Waals surface area (Å²) < 4.78 is -0.0324. The topological polar surface area (TPSA) is 32.3 Å². The molecule has 0 spiro atoms. The first-order chi connectivity index (χ1) is 5.35. The number of nitrogens with zero attached hydrogens (tertiary/aromatic N) is 1. The molecule has 0 fully saturated rings. The van der Waals surface area contributed by atoms with Gasteiger partial charge in [-0.1, -0.05) is 6.92 Å². The smallest absolute Gasteiger partial charge is 0.203 e. The zero-order chi connectivity index (χ0) is 9.57. The van der Waals surface area contributed by atoms with Crippen LogP contribution in [-0.4, -0.2) is 22.6 Å². The zero-order valence-corrected chi connectivity index (χ0v) is 10.6. The molecule has 2 atom stereocenters. The maximum Gasteiger partial charge on any atom is 0.203 e. The van der Waals surface area contributed by atoms with E-state index in [0.29, 0.717) is 0 Å². The quantitative estimate of drug-likeness (QED) is 0.574. The average molecular weight is 251 g/mol. The molecule has 2 N–H and O–H groups in total. The molecule has 78 valence electrons. The van der Waals surface area contributed by atoms with Gasteiger partial charge in [0.05, 0.1) is 5.70 Å². The Kier molecular flexibility index (Phi) is 3.58. The Balaban J connectivity index is 0.00000144. The molecule has 1 heterocycles. The van der Waals surface area contributed by atoms with E-state index in [-0.39, 0.29) is 27.3 Å². The molecule has 1 aliphatic heterocycles. The summed E-state index contributed by atoms with van der Waals surface area (Å²) in [4.78, 5) is 0. The third kappa shape index (κ3) is 1.63. The predicted octanol–water partition coefficient (Wildman–Crippen LogP) is -1.19. The van der Waals surface area contributed by atoms with Gasteiger partial charge in [-0.3, -0.25) is 0 Å². The van der Waals surface area contributed by atoms with Crippen LogP contribution in [0, 0.1) is 0 Å². The molecule has 13 heavy (non-hydrogen) atoms. The summed E-state index contributed by atoms with van der Waals surface area (Å²) in [6.07, 6.45) is 0.898. The molecular weight excluding hydrogens is 232 g/mol. The first-order valence-electron chi connectivity index (χ1n) is 4.41. The van der Waals surface area contributed by atoms with E-state index in [1.165, 1.54) is 0 Å². The highest BCUT2D eigenvalue weighted by Crippen LogP contribution is 2.34. The standard InChI is InChI=1S/C9H19N2O.BrH/c1-6-9(4)10-7(2)8(3)11(9,5)12;/h10,12H,6H2,1-5H3;1H/q+1;/p-1. The summed E-state index contributed by atoms with van der Waals surface area (Å²) in [5, 5.41) is 13.5. The van der Waals surface area contributed by atoms with E-state index in [4.69, 9.17) is 0 Å². The van der Waals surface area contributed by atoms with Crippen LogP contribution in [0.5, 0.6) is 0 Å². The van der Waals surface area contributed by atoms with Crippen molar-refractivity contribution < 1.29 is 26.8 Å². The number of hydroxylamine groups is 3. The molecule has 1 rings (SSSR count). The summed E-state index contributed by atoms with van der Waals surface area (Å²) in [5.74, 6) is 0. The van der Waals surface area contributed by atoms with Gasteiger partial charge in [0.25, 0.3) is 0 Å². The molecule has 0 radical (unpaired) electrons. The van der Waals surface area contributed by atoms with E-state index >= 15 is 0 Å². The van der Waals surface area contributed by atoms with Gasteiger partial charge in [0.2, 0.25) is 5.66 Å². The van der Waals surface area contributed by atoms with Crippen LogP contribution >= 0.6 is 0 Å². The van der Waals surface area contributed by atoms with Gasteiger partial charge in [0.1, 0.15) is 7.05 Å². The summed E-state index contributed by atoms with van der Waals surface area (Å²) >= 11 is 0. The lowest BCUT2D eigenvalue weighted by atomic mass is 10.1. The maximum absolute atomic E-state index is 10.2. The number of allylic oxidation sites excluding steroid dienone is 2. The second-order valence-electron chi connectivity index (χ2n) is 3.92. The molecule has 0 aliphatic carbocycles. The molecular formula is C9H19BrN2O. The van der Waals surface area contributed by atoms with Gasteiger partial charge in [0, 0.05) is 20.3 Å². The van der Waals surface area contributed by atoms with Gasteiger partial charge in [0.15, 0.2) is 5.70 Å². The van der Waals surface area contributed by atoms with Gasteiger partial charge < -0.3 is 22.3 Å². The Morgan fingerprint density at radius 3 is 2.08 bits per heavy atom. The summed E-state index contributed by atoms with van der Waals surface area (Å²) in [6, 6.07) is 0. The van der Waals surface area contributed by atoms with Crippen LogP contribution in [0.3, 0.4) is 0 Å². The Labute approximate surface area is 90.7 Å². The van der Waals surface area contributed by atoms with Gasteiger partial charge in [-0.2, -0.15) is 0 Å². The Bertz CT molecular complexity index is 238. The average Bonchev–Trinajstić information content (AvgIpc) is 2.14. The number of quaternary nitrogens is 1. The number of rotatable bonds is 1. The summed E-state index contributed by atoms with van der Waals surface area (Å²) in [7, 11) is 1.82. The lowest BCUT2D eigenvalue weighted by Gasteiger charge is -2.36. The molecule has 3 nitrogen and oxygen atoms in total. The highest BCUT2D eigenvalue weighted by Gasteiger charge is 2.50. The third-order valence-electron chi connectivity index (χ3n) is 3.30. The summed E-state index contributed by atoms with van der Waals surface area (Å²) in [5.41, 5.74) is 1.83. The highest BCUT2D eigenvalue weighted by molar-refractivity contribution is 5.09. The molecule has 0 saturated heterocycles. The minimum absolute atomic E-state index is 0. The fourth-order valence-corrected chi connectivity index (χ4v) is 1.70. The number of hydrogen-bond acceptors (Lipinski definition) is 2. The minimum atomic E-state index is -0.256. The number of halogens is 1. The second kappa shape index (κ2) is 3.59. The van der Waals surface area contributed by atoms with Crippen molar-refractivity contribution in [1.82, 2.24) is 5.32 Å². The van der Waals surface area contributed by atoms with Crippen molar-refractivity contribution in [2.75, 3.05) is 7.05 Å². The van der Waals surface area contributed by atoms with Crippen molar-refractivity contribution in [2.24, 2.45) is 0 Å². The first kappa shape index (κ1) is 12.9. The highest BCUT2D eigenvalue weighted by atomic mass is 79.9. The van der Waals surface area contributed by atoms with Gasteiger partial charge in [-0.15, -0.1) is 4.65 Å². The van der Waals surface area contributed by atoms with Crippen LogP contribution in [0.15, 0.2) is 11.4 Å². The fraction of sp³-hybridized carbons (Fsp3) is 0.778. The van der Waals surface area contributed by atoms with Crippen LogP contribution in [0.4, 0.5) is 0 Å². The molecule has 4 heteroatoms. The van der Waals surface area contributed by atoms with Crippen molar-refractivity contribution in [3.8, 4) is 0 Å². The summed E-state index contributed by atoms with van der Waals surface area (Å²) in [6.45, 7) is 8.07. The zero-order valence-electron chi connectivity index (χ0n) is 8.98. The monoisotopic (exact) mass is 250 g/mol. The van der Waals surface area contributed by atoms with E-state index in [2.05, 4.69) is 12.2 Å². The van der Waals surface area contributed by atoms with Gasteiger partial charge in [-0.05, 0) is 6.92 Å². The van der Waals surface area contributed by atoms with Crippen LogP contribution in [0.2, 0.25) is 0 Å². The van der Waals surface area contributed by atoms with E-state index in [1.807, 2.05) is 27.8 Å². The lowest BCUT2D eigenvalue weighted by molar-refractivity contribution is -1.09. The molecule has 0 aromatic carbocycles. The molecule has 0 bridgehead atoms. The molecule has 0 amide bonds. The molecule has 1 aliphatic rings. The van der Waals surface area contributed by atoms with E-state index in [0.717, 1.165) is 17.8 Å². The Morgan fingerprint density at radius 2 is 1.92 bits per heavy atom. The SMILES string of the molecule is CCC1(C)NC(C)=C(C)[N+]1(C)O.[Br-]. The molecule has 0 aromatic heterocycles. The Hall–Kier alpha value is -0.0600. The van der Waals surface area contributed by atoms with Gasteiger partial charge in [-0.25, -0.2) is 5.21 Å². The van der Waals surface area contributed by atoms with Crippen molar-refractivity contribution in [3.63, 3.8) is 0 Å². The van der Waals surface area contributed by atoms with Crippen LogP contribution in [0.25, 0.3) is 0 Å². The normalized spacial score (nSPS) is 38.6. The molecule has 0 aromatic rings. The predicted molar refractivity (Wildman–Crippen MR) is 48.2 cm³/mol. The molecule has 0 saturated carbocycles. The maximum atomic E-state index is 10.2. The minimum Gasteiger partial charge on any atom is -1.00 e. The van der Waals surface area contributed by atoms with E-state index < -0.39 is 0 Å².